The fourth-order valence-corrected chi connectivity index (χ4v) is 1.64. The highest BCUT2D eigenvalue weighted by atomic mass is 15.3. The molecule has 0 unspecified atom stereocenters. The summed E-state index contributed by atoms with van der Waals surface area (Å²) >= 11 is 0. The van der Waals surface area contributed by atoms with Crippen LogP contribution in [0, 0.1) is 0 Å². The predicted octanol–water partition coefficient (Wildman–Crippen LogP) is -0.588. The molecule has 1 saturated heterocycles. The molecule has 13 heavy (non-hydrogen) atoms. The monoisotopic (exact) mass is 181 g/mol. The summed E-state index contributed by atoms with van der Waals surface area (Å²) in [4.78, 5) is 6.52. The lowest BCUT2D eigenvalue weighted by Gasteiger charge is -2.27. The molecule has 1 aromatic heterocycles. The van der Waals surface area contributed by atoms with Crippen LogP contribution in [-0.4, -0.2) is 35.7 Å². The normalized spacial score (nSPS) is 17.8. The molecular formula is C8H15N5. The van der Waals surface area contributed by atoms with Crippen molar-refractivity contribution < 1.29 is 0 Å². The van der Waals surface area contributed by atoms with Gasteiger partial charge in [-0.15, -0.1) is 0 Å². The summed E-state index contributed by atoms with van der Waals surface area (Å²) in [7, 11) is 1.97. The van der Waals surface area contributed by atoms with Crippen molar-refractivity contribution in [3.8, 4) is 0 Å². The molecule has 3 N–H and O–H groups in total. The molecule has 2 rings (SSSR count). The van der Waals surface area contributed by atoms with E-state index in [-0.39, 0.29) is 0 Å². The topological polar surface area (TPSA) is 59.1 Å². The van der Waals surface area contributed by atoms with Crippen LogP contribution in [0.1, 0.15) is 0 Å². The molecule has 0 amide bonds. The van der Waals surface area contributed by atoms with Crippen molar-refractivity contribution in [1.82, 2.24) is 14.9 Å². The lowest BCUT2D eigenvalue weighted by molar-refractivity contribution is 0.574. The van der Waals surface area contributed by atoms with Gasteiger partial charge in [0.05, 0.1) is 0 Å². The van der Waals surface area contributed by atoms with Crippen LogP contribution in [0.25, 0.3) is 0 Å². The first-order chi connectivity index (χ1) is 6.27. The van der Waals surface area contributed by atoms with E-state index in [0.29, 0.717) is 5.82 Å². The van der Waals surface area contributed by atoms with Crippen molar-refractivity contribution in [3.63, 3.8) is 0 Å². The summed E-state index contributed by atoms with van der Waals surface area (Å²) in [6, 6.07) is 0. The number of hydrogen-bond donors (Lipinski definition) is 2. The molecule has 1 fully saturated rings. The number of piperazine rings is 1. The average molecular weight is 181 g/mol. The third-order valence-corrected chi connectivity index (χ3v) is 2.27. The summed E-state index contributed by atoms with van der Waals surface area (Å²) in [6.45, 7) is 4.05. The van der Waals surface area contributed by atoms with Crippen LogP contribution in [0.5, 0.6) is 0 Å². The van der Waals surface area contributed by atoms with E-state index in [0.717, 1.165) is 32.1 Å². The number of rotatable bonds is 1. The highest BCUT2D eigenvalue weighted by Crippen LogP contribution is 2.13. The lowest BCUT2D eigenvalue weighted by atomic mass is 10.4. The fourth-order valence-electron chi connectivity index (χ4n) is 1.64. The Balaban J connectivity index is 2.18. The number of nitrogens with zero attached hydrogens (tertiary/aromatic N) is 3. The maximum atomic E-state index is 5.61. The second kappa shape index (κ2) is 3.26. The molecule has 0 aromatic carbocycles. The van der Waals surface area contributed by atoms with Crippen LogP contribution < -0.4 is 16.0 Å². The van der Waals surface area contributed by atoms with E-state index >= 15 is 0 Å². The SMILES string of the molecule is Cn1cc(N)nc1N1CCNCC1. The van der Waals surface area contributed by atoms with Crippen molar-refractivity contribution in [1.29, 1.82) is 0 Å². The summed E-state index contributed by atoms with van der Waals surface area (Å²) in [5.74, 6) is 1.56. The molecule has 5 heteroatoms. The molecule has 1 aliphatic rings. The zero-order valence-electron chi connectivity index (χ0n) is 7.82. The highest BCUT2D eigenvalue weighted by Gasteiger charge is 2.14. The quantitative estimate of drug-likeness (QED) is 0.608. The molecule has 1 aliphatic heterocycles. The first-order valence-electron chi connectivity index (χ1n) is 4.52. The van der Waals surface area contributed by atoms with Crippen molar-refractivity contribution >= 4 is 11.8 Å². The Morgan fingerprint density at radius 3 is 2.69 bits per heavy atom. The molecule has 0 atom stereocenters. The number of anilines is 2. The average Bonchev–Trinajstić information content (AvgIpc) is 2.47. The van der Waals surface area contributed by atoms with Crippen molar-refractivity contribution in [2.75, 3.05) is 36.8 Å². The Hall–Kier alpha value is -1.23. The molecule has 1 aromatic rings. The largest absolute Gasteiger partial charge is 0.382 e. The molecule has 0 radical (unpaired) electrons. The summed E-state index contributed by atoms with van der Waals surface area (Å²) in [5.41, 5.74) is 5.61. The smallest absolute Gasteiger partial charge is 0.207 e. The summed E-state index contributed by atoms with van der Waals surface area (Å²) < 4.78 is 1.97. The molecule has 72 valence electrons. The van der Waals surface area contributed by atoms with E-state index in [1.807, 2.05) is 17.8 Å². The second-order valence-corrected chi connectivity index (χ2v) is 3.31. The Morgan fingerprint density at radius 2 is 2.15 bits per heavy atom. The zero-order valence-corrected chi connectivity index (χ0v) is 7.82. The van der Waals surface area contributed by atoms with E-state index in [9.17, 15) is 0 Å². The molecule has 0 saturated carbocycles. The molecule has 0 bridgehead atoms. The van der Waals surface area contributed by atoms with Gasteiger partial charge in [-0.25, -0.2) is 0 Å². The van der Waals surface area contributed by atoms with Crippen molar-refractivity contribution in [2.24, 2.45) is 7.05 Å². The van der Waals surface area contributed by atoms with Gasteiger partial charge in [-0.05, 0) is 0 Å². The Morgan fingerprint density at radius 1 is 1.46 bits per heavy atom. The van der Waals surface area contributed by atoms with Gasteiger partial charge >= 0.3 is 0 Å². The van der Waals surface area contributed by atoms with E-state index < -0.39 is 0 Å². The van der Waals surface area contributed by atoms with Gasteiger partial charge < -0.3 is 20.5 Å². The van der Waals surface area contributed by atoms with Gasteiger partial charge in [0.25, 0.3) is 0 Å². The van der Waals surface area contributed by atoms with Gasteiger partial charge in [-0.1, -0.05) is 0 Å². The van der Waals surface area contributed by atoms with E-state index in [2.05, 4.69) is 15.2 Å². The van der Waals surface area contributed by atoms with E-state index in [1.165, 1.54) is 0 Å². The number of imidazole rings is 1. The standard InChI is InChI=1S/C8H15N5/c1-12-6-7(9)11-8(12)13-4-2-10-3-5-13/h6,10H,2-5,9H2,1H3. The summed E-state index contributed by atoms with van der Waals surface area (Å²) in [6.07, 6.45) is 1.84. The second-order valence-electron chi connectivity index (χ2n) is 3.31. The third kappa shape index (κ3) is 1.60. The number of nitrogens with one attached hydrogen (secondary N) is 1. The van der Waals surface area contributed by atoms with Crippen LogP contribution in [0.15, 0.2) is 6.20 Å². The number of nitrogens with two attached hydrogens (primary N) is 1. The number of aromatic nitrogens is 2. The Kier molecular flexibility index (Phi) is 2.10. The van der Waals surface area contributed by atoms with Gasteiger partial charge in [0.15, 0.2) is 0 Å². The van der Waals surface area contributed by atoms with Crippen molar-refractivity contribution in [2.45, 2.75) is 0 Å². The van der Waals surface area contributed by atoms with Crippen LogP contribution >= 0.6 is 0 Å². The highest BCUT2D eigenvalue weighted by molar-refractivity contribution is 5.41. The van der Waals surface area contributed by atoms with Gasteiger partial charge in [0, 0.05) is 39.4 Å². The summed E-state index contributed by atoms with van der Waals surface area (Å²) in [5, 5.41) is 3.30. The van der Waals surface area contributed by atoms with Crippen LogP contribution in [0.4, 0.5) is 11.8 Å². The minimum Gasteiger partial charge on any atom is -0.382 e. The minimum atomic E-state index is 0.594. The van der Waals surface area contributed by atoms with Gasteiger partial charge in [-0.2, -0.15) is 4.98 Å². The minimum absolute atomic E-state index is 0.594. The predicted molar refractivity (Wildman–Crippen MR) is 52.7 cm³/mol. The number of aryl methyl sites for hydroxylation is 1. The lowest BCUT2D eigenvalue weighted by Crippen LogP contribution is -2.44. The van der Waals surface area contributed by atoms with Crippen LogP contribution in [-0.2, 0) is 7.05 Å². The van der Waals surface area contributed by atoms with E-state index in [4.69, 9.17) is 5.73 Å². The molecule has 0 spiro atoms. The first kappa shape index (κ1) is 8.37. The maximum Gasteiger partial charge on any atom is 0.207 e. The number of hydrogen-bond acceptors (Lipinski definition) is 4. The van der Waals surface area contributed by atoms with Gasteiger partial charge in [0.1, 0.15) is 5.82 Å². The zero-order chi connectivity index (χ0) is 9.26. The third-order valence-electron chi connectivity index (χ3n) is 2.27. The first-order valence-corrected chi connectivity index (χ1v) is 4.52. The van der Waals surface area contributed by atoms with Gasteiger partial charge in [-0.3, -0.25) is 0 Å². The van der Waals surface area contributed by atoms with E-state index in [1.54, 1.807) is 0 Å². The van der Waals surface area contributed by atoms with Crippen LogP contribution in [0.2, 0.25) is 0 Å². The molecule has 0 aliphatic carbocycles. The Labute approximate surface area is 77.5 Å². The maximum absolute atomic E-state index is 5.61. The molecule has 2 heterocycles. The van der Waals surface area contributed by atoms with Crippen LogP contribution in [0.3, 0.4) is 0 Å². The van der Waals surface area contributed by atoms with Gasteiger partial charge in [0.2, 0.25) is 5.95 Å². The molecular weight excluding hydrogens is 166 g/mol. The fraction of sp³-hybridized carbons (Fsp3) is 0.625. The number of nitrogen functional groups attached to an aromatic ring is 1. The molecule has 5 nitrogen and oxygen atoms in total. The Bertz CT molecular complexity index is 287. The van der Waals surface area contributed by atoms with Crippen molar-refractivity contribution in [3.05, 3.63) is 6.20 Å².